The molecule has 6 nitrogen and oxygen atoms in total. The number of anilines is 2. The van der Waals surface area contributed by atoms with Crippen LogP contribution in [-0.4, -0.2) is 51.3 Å². The zero-order valence-electron chi connectivity index (χ0n) is 18.9. The summed E-state index contributed by atoms with van der Waals surface area (Å²) >= 11 is 0. The normalized spacial score (nSPS) is 13.6. The molecule has 0 aliphatic heterocycles. The van der Waals surface area contributed by atoms with Crippen LogP contribution in [0.15, 0.2) is 60.9 Å². The van der Waals surface area contributed by atoms with Gasteiger partial charge in [0, 0.05) is 23.7 Å². The van der Waals surface area contributed by atoms with Crippen LogP contribution in [0.2, 0.25) is 0 Å². The Balaban J connectivity index is 1.62. The van der Waals surface area contributed by atoms with E-state index in [1.54, 1.807) is 12.1 Å². The van der Waals surface area contributed by atoms with Crippen LogP contribution >= 0.6 is 0 Å². The molecule has 1 atom stereocenters. The molecule has 0 saturated carbocycles. The van der Waals surface area contributed by atoms with Gasteiger partial charge in [-0.2, -0.15) is 22.7 Å². The summed E-state index contributed by atoms with van der Waals surface area (Å²) in [6.45, 7) is -0.677. The van der Waals surface area contributed by atoms with E-state index in [-0.39, 0.29) is 12.2 Å². The van der Waals surface area contributed by atoms with Crippen LogP contribution in [0.4, 0.5) is 37.7 Å². The minimum Gasteiger partial charge on any atom is -0.381 e. The number of hydrogen-bond acceptors (Lipinski definition) is 5. The van der Waals surface area contributed by atoms with Gasteiger partial charge in [-0.3, -0.25) is 0 Å². The topological polar surface area (TPSA) is 66.2 Å². The molecule has 0 fully saturated rings. The Kier molecular flexibility index (Phi) is 6.81. The third kappa shape index (κ3) is 4.94. The van der Waals surface area contributed by atoms with Gasteiger partial charge in [0.1, 0.15) is 11.6 Å². The van der Waals surface area contributed by atoms with Gasteiger partial charge < -0.3 is 15.3 Å². The van der Waals surface area contributed by atoms with Crippen molar-refractivity contribution in [3.8, 4) is 5.69 Å². The lowest BCUT2D eigenvalue weighted by Crippen LogP contribution is -2.58. The molecule has 2 aromatic carbocycles. The quantitative estimate of drug-likeness (QED) is 0.257. The summed E-state index contributed by atoms with van der Waals surface area (Å²) in [6, 6.07) is 9.79. The van der Waals surface area contributed by atoms with Crippen LogP contribution in [0.25, 0.3) is 16.6 Å². The first-order valence-corrected chi connectivity index (χ1v) is 10.8. The summed E-state index contributed by atoms with van der Waals surface area (Å²) < 4.78 is 84.6. The van der Waals surface area contributed by atoms with Crippen molar-refractivity contribution < 1.29 is 31.4 Å². The number of likely N-dealkylation sites (N-methyl/N-ethyl adjacent to an activating group) is 1. The third-order valence-electron chi connectivity index (χ3n) is 5.75. The number of aromatic nitrogens is 3. The number of pyridine rings is 1. The lowest BCUT2D eigenvalue weighted by atomic mass is 10.0. The molecule has 4 aromatic rings. The first-order chi connectivity index (χ1) is 17.0. The van der Waals surface area contributed by atoms with Gasteiger partial charge >= 0.3 is 6.18 Å². The van der Waals surface area contributed by atoms with Crippen molar-refractivity contribution in [1.82, 2.24) is 14.8 Å². The van der Waals surface area contributed by atoms with Crippen molar-refractivity contribution >= 4 is 22.3 Å². The van der Waals surface area contributed by atoms with Crippen molar-refractivity contribution in [2.24, 2.45) is 0 Å². The summed E-state index contributed by atoms with van der Waals surface area (Å²) in [5.74, 6) is -2.41. The molecule has 190 valence electrons. The molecule has 2 aromatic heterocycles. The molecule has 0 aliphatic rings. The van der Waals surface area contributed by atoms with Crippen molar-refractivity contribution in [1.29, 1.82) is 0 Å². The van der Waals surface area contributed by atoms with E-state index < -0.39 is 48.1 Å². The number of nitrogens with one attached hydrogen (secondary N) is 1. The molecule has 0 spiro atoms. The van der Waals surface area contributed by atoms with E-state index in [0.717, 1.165) is 29.2 Å². The Morgan fingerprint density at radius 3 is 2.47 bits per heavy atom. The molecule has 0 aliphatic carbocycles. The number of alkyl halides is 3. The van der Waals surface area contributed by atoms with E-state index in [1.165, 1.54) is 36.1 Å². The van der Waals surface area contributed by atoms with Gasteiger partial charge in [0.05, 0.1) is 42.4 Å². The Bertz CT molecular complexity index is 1360. The van der Waals surface area contributed by atoms with Crippen LogP contribution in [0.1, 0.15) is 6.92 Å². The smallest absolute Gasteiger partial charge is 0.381 e. The van der Waals surface area contributed by atoms with Gasteiger partial charge in [-0.15, -0.1) is 0 Å². The molecule has 2 heterocycles. The standard InChI is InChI=1S/C24H21F6N5O/c1-2-34(21-10-15(25)6-8-18(21)26)14-23(36,24(28,29)30)13-32-19-4-3-5-20-17(19)12-33-35(20)16-7-9-22(27)31-11-16/h3-12,32,36H,2,13-14H2,1H3. The van der Waals surface area contributed by atoms with Gasteiger partial charge in [-0.25, -0.2) is 18.4 Å². The predicted octanol–water partition coefficient (Wildman–Crippen LogP) is 5.07. The molecule has 2 N–H and O–H groups in total. The number of hydrogen-bond donors (Lipinski definition) is 2. The van der Waals surface area contributed by atoms with Crippen LogP contribution in [0.3, 0.4) is 0 Å². The Hall–Kier alpha value is -3.80. The molecule has 0 bridgehead atoms. The number of halogens is 6. The zero-order valence-corrected chi connectivity index (χ0v) is 18.9. The molecular formula is C24H21F6N5O. The SMILES string of the molecule is CCN(CC(O)(CNc1cccc2c1cnn2-c1ccc(F)nc1)C(F)(F)F)c1cc(F)ccc1F. The van der Waals surface area contributed by atoms with E-state index in [9.17, 15) is 31.4 Å². The lowest BCUT2D eigenvalue weighted by molar-refractivity contribution is -0.250. The molecule has 0 saturated heterocycles. The molecule has 4 rings (SSSR count). The van der Waals surface area contributed by atoms with Crippen molar-refractivity contribution in [2.75, 3.05) is 29.9 Å². The average molecular weight is 509 g/mol. The number of rotatable bonds is 8. The number of fused-ring (bicyclic) bond motifs is 1. The van der Waals surface area contributed by atoms with E-state index >= 15 is 0 Å². The first-order valence-electron chi connectivity index (χ1n) is 10.8. The van der Waals surface area contributed by atoms with Crippen LogP contribution in [0, 0.1) is 17.6 Å². The number of nitrogens with zero attached hydrogens (tertiary/aromatic N) is 4. The highest BCUT2D eigenvalue weighted by molar-refractivity contribution is 5.92. The monoisotopic (exact) mass is 509 g/mol. The second-order valence-corrected chi connectivity index (χ2v) is 8.13. The van der Waals surface area contributed by atoms with Crippen molar-refractivity contribution in [2.45, 2.75) is 18.7 Å². The van der Waals surface area contributed by atoms with E-state index in [1.807, 2.05) is 0 Å². The van der Waals surface area contributed by atoms with E-state index in [2.05, 4.69) is 15.4 Å². The number of aliphatic hydroxyl groups is 1. The van der Waals surface area contributed by atoms with Gasteiger partial charge in [-0.05, 0) is 43.3 Å². The maximum atomic E-state index is 14.2. The zero-order chi connectivity index (χ0) is 26.1. The van der Waals surface area contributed by atoms with E-state index in [0.29, 0.717) is 16.6 Å². The highest BCUT2D eigenvalue weighted by atomic mass is 19.4. The van der Waals surface area contributed by atoms with Crippen LogP contribution < -0.4 is 10.2 Å². The fourth-order valence-electron chi connectivity index (χ4n) is 3.80. The summed E-state index contributed by atoms with van der Waals surface area (Å²) in [5, 5.41) is 18.0. The highest BCUT2D eigenvalue weighted by Gasteiger charge is 2.54. The molecule has 1 unspecified atom stereocenters. The second kappa shape index (κ2) is 9.69. The number of benzene rings is 2. The summed E-state index contributed by atoms with van der Waals surface area (Å²) in [4.78, 5) is 4.50. The Morgan fingerprint density at radius 2 is 1.81 bits per heavy atom. The summed E-state index contributed by atoms with van der Waals surface area (Å²) in [5.41, 5.74) is -2.53. The molecule has 0 radical (unpaired) electrons. The lowest BCUT2D eigenvalue weighted by Gasteiger charge is -2.36. The van der Waals surface area contributed by atoms with Crippen LogP contribution in [-0.2, 0) is 0 Å². The highest BCUT2D eigenvalue weighted by Crippen LogP contribution is 2.34. The minimum atomic E-state index is -5.10. The first kappa shape index (κ1) is 25.3. The fourth-order valence-corrected chi connectivity index (χ4v) is 3.80. The van der Waals surface area contributed by atoms with Gasteiger partial charge in [0.2, 0.25) is 5.95 Å². The summed E-state index contributed by atoms with van der Waals surface area (Å²) in [6.07, 6.45) is -2.43. The van der Waals surface area contributed by atoms with Crippen molar-refractivity contribution in [3.05, 3.63) is 78.5 Å². The third-order valence-corrected chi connectivity index (χ3v) is 5.75. The molecule has 0 amide bonds. The Labute approximate surface area is 201 Å². The average Bonchev–Trinajstić information content (AvgIpc) is 3.27. The fraction of sp³-hybridized carbons (Fsp3) is 0.250. The minimum absolute atomic E-state index is 0.118. The summed E-state index contributed by atoms with van der Waals surface area (Å²) in [7, 11) is 0. The van der Waals surface area contributed by atoms with Gasteiger partial charge in [0.25, 0.3) is 0 Å². The second-order valence-electron chi connectivity index (χ2n) is 8.13. The van der Waals surface area contributed by atoms with E-state index in [4.69, 9.17) is 0 Å². The van der Waals surface area contributed by atoms with Crippen molar-refractivity contribution in [3.63, 3.8) is 0 Å². The molecular weight excluding hydrogens is 488 g/mol. The van der Waals surface area contributed by atoms with Gasteiger partial charge in [-0.1, -0.05) is 6.07 Å². The Morgan fingerprint density at radius 1 is 1.03 bits per heavy atom. The van der Waals surface area contributed by atoms with Gasteiger partial charge in [0.15, 0.2) is 5.60 Å². The maximum absolute atomic E-state index is 14.2. The molecule has 36 heavy (non-hydrogen) atoms. The largest absolute Gasteiger partial charge is 0.420 e. The maximum Gasteiger partial charge on any atom is 0.420 e. The molecule has 12 heteroatoms. The predicted molar refractivity (Wildman–Crippen MR) is 123 cm³/mol. The van der Waals surface area contributed by atoms with Crippen LogP contribution in [0.5, 0.6) is 0 Å².